The molecule has 0 bridgehead atoms. The molecule has 278 valence electrons. The molecule has 1 aliphatic heterocycles. The average molecular weight is 725 g/mol. The maximum Gasteiger partial charge on any atom is 0.328 e. The number of aryl methyl sites for hydroxylation is 1. The minimum atomic E-state index is -0.921. The quantitative estimate of drug-likeness (QED) is 0.113. The van der Waals surface area contributed by atoms with Crippen molar-refractivity contribution < 1.29 is 23.1 Å². The van der Waals surface area contributed by atoms with Crippen LogP contribution in [0.1, 0.15) is 42.3 Å². The van der Waals surface area contributed by atoms with Crippen molar-refractivity contribution in [3.63, 3.8) is 0 Å². The number of ether oxygens (including phenoxy) is 1. The van der Waals surface area contributed by atoms with Crippen LogP contribution < -0.4 is 31.3 Å². The van der Waals surface area contributed by atoms with E-state index in [1.54, 1.807) is 42.5 Å². The number of carbonyl (C=O) groups excluding carboxylic acids is 2. The summed E-state index contributed by atoms with van der Waals surface area (Å²) in [4.78, 5) is 38.8. The summed E-state index contributed by atoms with van der Waals surface area (Å²) in [7, 11) is 3.83. The van der Waals surface area contributed by atoms with Crippen molar-refractivity contribution in [2.75, 3.05) is 49.3 Å². The molecule has 4 aromatic carbocycles. The smallest absolute Gasteiger partial charge is 0.328 e. The number of hydrogen-bond donors (Lipinski definition) is 4. The molecular weight excluding hydrogens is 678 g/mol. The lowest BCUT2D eigenvalue weighted by Gasteiger charge is -2.31. The molecule has 11 nitrogen and oxygen atoms in total. The highest BCUT2D eigenvalue weighted by molar-refractivity contribution is 6.06. The van der Waals surface area contributed by atoms with Crippen LogP contribution in [0.15, 0.2) is 91.0 Å². The number of fused-ring (bicyclic) bond motifs is 1. The Morgan fingerprint density at radius 1 is 0.943 bits per heavy atom. The van der Waals surface area contributed by atoms with Gasteiger partial charge in [0.1, 0.15) is 28.8 Å². The first-order chi connectivity index (χ1) is 25.6. The van der Waals surface area contributed by atoms with Gasteiger partial charge in [-0.2, -0.15) is 4.98 Å². The molecule has 0 unspecified atom stereocenters. The highest BCUT2D eigenvalue weighted by atomic mass is 19.1. The van der Waals surface area contributed by atoms with Gasteiger partial charge in [0.15, 0.2) is 5.82 Å². The lowest BCUT2D eigenvalue weighted by molar-refractivity contribution is 0.102. The number of halogens is 2. The number of hydrogen-bond acceptors (Lipinski definition) is 8. The van der Waals surface area contributed by atoms with Gasteiger partial charge in [0.2, 0.25) is 5.95 Å². The third-order valence-electron chi connectivity index (χ3n) is 7.67. The summed E-state index contributed by atoms with van der Waals surface area (Å²) in [6, 6.07) is 24.2. The van der Waals surface area contributed by atoms with Crippen LogP contribution in [0, 0.1) is 18.6 Å². The molecule has 13 heteroatoms. The van der Waals surface area contributed by atoms with Crippen LogP contribution >= 0.6 is 0 Å². The minimum Gasteiger partial charge on any atom is -0.457 e. The van der Waals surface area contributed by atoms with Crippen molar-refractivity contribution in [3.05, 3.63) is 119 Å². The van der Waals surface area contributed by atoms with Gasteiger partial charge in [-0.3, -0.25) is 4.79 Å². The van der Waals surface area contributed by atoms with Crippen LogP contribution in [-0.4, -0.2) is 60.5 Å². The summed E-state index contributed by atoms with van der Waals surface area (Å²) < 4.78 is 35.9. The van der Waals surface area contributed by atoms with Crippen LogP contribution in [-0.2, 0) is 6.54 Å². The average Bonchev–Trinajstić information content (AvgIpc) is 3.14. The number of anilines is 4. The molecule has 5 N–H and O–H groups in total. The van der Waals surface area contributed by atoms with E-state index in [2.05, 4.69) is 20.9 Å². The molecule has 0 atom stereocenters. The number of nitrogens with two attached hydrogens (primary N) is 1. The first-order valence-electron chi connectivity index (χ1n) is 17.4. The van der Waals surface area contributed by atoms with Crippen LogP contribution in [0.3, 0.4) is 0 Å². The third-order valence-corrected chi connectivity index (χ3v) is 7.67. The topological polar surface area (TPSA) is 138 Å². The maximum absolute atomic E-state index is 15.0. The zero-order valence-corrected chi connectivity index (χ0v) is 30.8. The highest BCUT2D eigenvalue weighted by Crippen LogP contribution is 2.39. The summed E-state index contributed by atoms with van der Waals surface area (Å²) in [6.07, 6.45) is 0. The van der Waals surface area contributed by atoms with Crippen LogP contribution in [0.2, 0.25) is 0 Å². The zero-order chi connectivity index (χ0) is 38.5. The van der Waals surface area contributed by atoms with Crippen molar-refractivity contribution in [2.24, 2.45) is 5.73 Å². The normalized spacial score (nSPS) is 11.7. The predicted octanol–water partition coefficient (Wildman–Crippen LogP) is 8.10. The SMILES string of the molecule is CC.CCN.Cc1ccc(C(=O)Nc2ccc(Oc3ccccc3)cc2)cc1-c1nc(NCCN(C)C)nc2c1CNC(=O)N2c1c(F)cccc1F. The molecule has 5 aromatic rings. The minimum absolute atomic E-state index is 0.00130. The summed E-state index contributed by atoms with van der Waals surface area (Å²) in [5, 5.41) is 8.77. The van der Waals surface area contributed by atoms with Gasteiger partial charge in [-0.15, -0.1) is 0 Å². The monoisotopic (exact) mass is 724 g/mol. The molecule has 0 saturated carbocycles. The Labute approximate surface area is 309 Å². The van der Waals surface area contributed by atoms with Crippen molar-refractivity contribution in [3.8, 4) is 22.8 Å². The van der Waals surface area contributed by atoms with Gasteiger partial charge in [0.05, 0.1) is 12.2 Å². The molecule has 6 rings (SSSR count). The second-order valence-electron chi connectivity index (χ2n) is 11.8. The summed E-state index contributed by atoms with van der Waals surface area (Å²) in [5.41, 5.74) is 7.44. The van der Waals surface area contributed by atoms with Crippen molar-refractivity contribution in [2.45, 2.75) is 34.2 Å². The van der Waals surface area contributed by atoms with Gasteiger partial charge >= 0.3 is 6.03 Å². The molecule has 0 saturated heterocycles. The van der Waals surface area contributed by atoms with Gasteiger partial charge < -0.3 is 31.3 Å². The molecule has 53 heavy (non-hydrogen) atoms. The van der Waals surface area contributed by atoms with Gasteiger partial charge in [-0.05, 0) is 93.8 Å². The molecule has 0 fully saturated rings. The van der Waals surface area contributed by atoms with Gasteiger partial charge in [0.25, 0.3) is 5.91 Å². The van der Waals surface area contributed by atoms with Crippen LogP contribution in [0.25, 0.3) is 11.3 Å². The van der Waals surface area contributed by atoms with E-state index >= 15 is 8.78 Å². The van der Waals surface area contributed by atoms with E-state index in [0.717, 1.165) is 29.1 Å². The Kier molecular flexibility index (Phi) is 14.3. The van der Waals surface area contributed by atoms with E-state index in [0.29, 0.717) is 52.7 Å². The van der Waals surface area contributed by atoms with E-state index in [1.807, 2.05) is 77.0 Å². The summed E-state index contributed by atoms with van der Waals surface area (Å²) >= 11 is 0. The molecule has 1 aromatic heterocycles. The van der Waals surface area contributed by atoms with Gasteiger partial charge in [-0.25, -0.2) is 23.5 Å². The number of para-hydroxylation sites is 2. The number of likely N-dealkylation sites (N-methyl/N-ethyl adjacent to an activating group) is 1. The van der Waals surface area contributed by atoms with Crippen LogP contribution in [0.4, 0.5) is 36.7 Å². The van der Waals surface area contributed by atoms with Gasteiger partial charge in [0, 0.05) is 35.5 Å². The Bertz CT molecular complexity index is 1970. The Morgan fingerprint density at radius 3 is 2.23 bits per heavy atom. The number of benzene rings is 4. The van der Waals surface area contributed by atoms with Crippen molar-refractivity contribution in [1.29, 1.82) is 0 Å². The van der Waals surface area contributed by atoms with Crippen LogP contribution in [0.5, 0.6) is 11.5 Å². The Morgan fingerprint density at radius 2 is 1.58 bits per heavy atom. The molecule has 0 spiro atoms. The number of nitrogens with zero attached hydrogens (tertiary/aromatic N) is 4. The summed E-state index contributed by atoms with van der Waals surface area (Å²) in [6.45, 7) is 9.63. The summed E-state index contributed by atoms with van der Waals surface area (Å²) in [5.74, 6) is -0.683. The molecule has 2 heterocycles. The number of rotatable bonds is 10. The molecule has 3 amide bonds. The zero-order valence-electron chi connectivity index (χ0n) is 30.8. The van der Waals surface area contributed by atoms with Crippen molar-refractivity contribution >= 4 is 35.1 Å². The number of urea groups is 1. The first-order valence-corrected chi connectivity index (χ1v) is 17.4. The first kappa shape index (κ1) is 39.9. The predicted molar refractivity (Wildman–Crippen MR) is 207 cm³/mol. The fourth-order valence-electron chi connectivity index (χ4n) is 5.21. The number of carbonyl (C=O) groups is 2. The van der Waals surface area contributed by atoms with E-state index in [9.17, 15) is 9.59 Å². The van der Waals surface area contributed by atoms with E-state index in [1.165, 1.54) is 6.07 Å². The van der Waals surface area contributed by atoms with Gasteiger partial charge in [-0.1, -0.05) is 51.1 Å². The van der Waals surface area contributed by atoms with E-state index in [-0.39, 0.29) is 24.2 Å². The number of nitrogens with one attached hydrogen (secondary N) is 3. The lowest BCUT2D eigenvalue weighted by Crippen LogP contribution is -2.43. The van der Waals surface area contributed by atoms with E-state index in [4.69, 9.17) is 15.5 Å². The fourth-order valence-corrected chi connectivity index (χ4v) is 5.21. The highest BCUT2D eigenvalue weighted by Gasteiger charge is 2.34. The maximum atomic E-state index is 15.0. The molecular formula is C40H46F2N8O3. The lowest BCUT2D eigenvalue weighted by atomic mass is 9.97. The number of amides is 3. The second kappa shape index (κ2) is 19.1. The third kappa shape index (κ3) is 10.1. The largest absolute Gasteiger partial charge is 0.457 e. The fraction of sp³-hybridized carbons (Fsp3) is 0.250. The Balaban J connectivity index is 0.00000119. The van der Waals surface area contributed by atoms with E-state index < -0.39 is 23.4 Å². The molecule has 0 radical (unpaired) electrons. The molecule has 1 aliphatic rings. The second-order valence-corrected chi connectivity index (χ2v) is 11.8. The van der Waals surface area contributed by atoms with Crippen molar-refractivity contribution in [1.82, 2.24) is 20.2 Å². The number of aromatic nitrogens is 2. The standard InChI is InChI=1S/C36H33F2N7O3.C2H7N.C2H6/c1-22-12-13-23(34(46)41-24-14-16-26(17-15-24)48-25-8-5-4-6-9-25)20-27(22)31-28-21-40-36(47)45(32-29(37)10-7-11-30(32)38)33(28)43-35(42-31)39-18-19-44(2)3;1-2-3;1-2/h4-17,20H,18-19,21H2,1-3H3,(H,40,47)(H,41,46)(H,39,42,43);2-3H2,1H3;1-2H3. The Hall–Kier alpha value is -5.92. The molecule has 0 aliphatic carbocycles.